The van der Waals surface area contributed by atoms with Gasteiger partial charge in [-0.1, -0.05) is 0 Å². The van der Waals surface area contributed by atoms with E-state index in [0.29, 0.717) is 0 Å². The van der Waals surface area contributed by atoms with Gasteiger partial charge in [0, 0.05) is 6.20 Å². The maximum atomic E-state index is 12.9. The van der Waals surface area contributed by atoms with E-state index in [9.17, 15) is 13.6 Å². The van der Waals surface area contributed by atoms with E-state index in [1.54, 1.807) is 4.68 Å². The number of halogens is 3. The van der Waals surface area contributed by atoms with E-state index in [2.05, 4.69) is 10.4 Å². The summed E-state index contributed by atoms with van der Waals surface area (Å²) in [5.41, 5.74) is 4.86. The third kappa shape index (κ3) is 5.12. The highest BCUT2D eigenvalue weighted by Crippen LogP contribution is 2.13. The Labute approximate surface area is 116 Å². The van der Waals surface area contributed by atoms with Crippen LogP contribution in [0.25, 0.3) is 0 Å². The number of nitrogens with zero attached hydrogens (tertiary/aromatic N) is 2. The summed E-state index contributed by atoms with van der Waals surface area (Å²) in [5, 5.41) is 6.15. The number of hydrogen-bond donors (Lipinski definition) is 2. The highest BCUT2D eigenvalue weighted by molar-refractivity contribution is 5.93. The van der Waals surface area contributed by atoms with Crippen molar-refractivity contribution in [3.05, 3.63) is 18.0 Å². The Morgan fingerprint density at radius 2 is 2.05 bits per heavy atom. The minimum Gasteiger partial charge on any atom is -0.346 e. The second-order valence-corrected chi connectivity index (χ2v) is 5.09. The molecule has 8 heteroatoms. The summed E-state index contributed by atoms with van der Waals surface area (Å²) in [6.45, 7) is 4.19. The van der Waals surface area contributed by atoms with Crippen molar-refractivity contribution in [2.45, 2.75) is 32.2 Å². The molecule has 1 rings (SSSR count). The van der Waals surface area contributed by atoms with Crippen LogP contribution in [0.5, 0.6) is 0 Å². The lowest BCUT2D eigenvalue weighted by atomic mass is 10.1. The molecule has 0 radical (unpaired) electrons. The lowest BCUT2D eigenvalue weighted by molar-refractivity contribution is 0.0118. The molecule has 0 saturated heterocycles. The number of amides is 1. The number of nitrogens with one attached hydrogen (secondary N) is 1. The molecule has 5 nitrogen and oxygen atoms in total. The Hall–Kier alpha value is -1.21. The summed E-state index contributed by atoms with van der Waals surface area (Å²) in [5.74, 6) is -3.67. The summed E-state index contributed by atoms with van der Waals surface area (Å²) in [6.07, 6.45) is 2.87. The van der Waals surface area contributed by atoms with Crippen LogP contribution in [0.2, 0.25) is 0 Å². The quantitative estimate of drug-likeness (QED) is 0.882. The van der Waals surface area contributed by atoms with Crippen LogP contribution in [0.4, 0.5) is 8.78 Å². The summed E-state index contributed by atoms with van der Waals surface area (Å²) in [6, 6.07) is 0. The molecule has 0 aliphatic rings. The molecule has 1 aromatic rings. The maximum absolute atomic E-state index is 12.9. The molecule has 0 aromatic carbocycles. The average molecular weight is 297 g/mol. The predicted molar refractivity (Wildman–Crippen MR) is 70.8 cm³/mol. The van der Waals surface area contributed by atoms with Crippen molar-refractivity contribution in [1.82, 2.24) is 15.1 Å². The topological polar surface area (TPSA) is 72.9 Å². The lowest BCUT2D eigenvalue weighted by Crippen LogP contribution is -2.41. The van der Waals surface area contributed by atoms with Gasteiger partial charge in [-0.25, -0.2) is 8.78 Å². The molecule has 0 saturated carbocycles. The Kier molecular flexibility index (Phi) is 5.89. The van der Waals surface area contributed by atoms with Crippen molar-refractivity contribution in [2.24, 2.45) is 5.73 Å². The molecule has 0 fully saturated rings. The molecule has 0 atom stereocenters. The molecule has 1 aromatic heterocycles. The van der Waals surface area contributed by atoms with Gasteiger partial charge in [0.25, 0.3) is 11.8 Å². The summed E-state index contributed by atoms with van der Waals surface area (Å²) in [4.78, 5) is 11.6. The van der Waals surface area contributed by atoms with E-state index in [4.69, 9.17) is 5.73 Å². The number of carbonyl (C=O) groups is 1. The largest absolute Gasteiger partial charge is 0.346 e. The molecule has 110 valence electrons. The van der Waals surface area contributed by atoms with E-state index in [0.717, 1.165) is 0 Å². The summed E-state index contributed by atoms with van der Waals surface area (Å²) < 4.78 is 27.3. The van der Waals surface area contributed by atoms with E-state index in [1.165, 1.54) is 12.4 Å². The molecule has 0 aliphatic heterocycles. The van der Waals surface area contributed by atoms with E-state index in [-0.39, 0.29) is 23.5 Å². The first kappa shape index (κ1) is 17.8. The zero-order chi connectivity index (χ0) is 14.0. The Balaban J connectivity index is 0.00000324. The third-order valence-electron chi connectivity index (χ3n) is 2.34. The molecule has 1 amide bonds. The number of rotatable bonds is 4. The van der Waals surface area contributed by atoms with Crippen LogP contribution in [0, 0.1) is 0 Å². The minimum atomic E-state index is -3.09. The molecular weight excluding hydrogens is 278 g/mol. The summed E-state index contributed by atoms with van der Waals surface area (Å²) >= 11 is 0. The van der Waals surface area contributed by atoms with Gasteiger partial charge in [-0.3, -0.25) is 9.48 Å². The number of carbonyl (C=O) groups excluding carboxylic acids is 1. The lowest BCUT2D eigenvalue weighted by Gasteiger charge is -2.18. The highest BCUT2D eigenvalue weighted by Gasteiger charge is 2.27. The highest BCUT2D eigenvalue weighted by atomic mass is 35.5. The zero-order valence-corrected chi connectivity index (χ0v) is 11.9. The first-order valence-electron chi connectivity index (χ1n) is 5.57. The zero-order valence-electron chi connectivity index (χ0n) is 11.1. The van der Waals surface area contributed by atoms with Gasteiger partial charge in [-0.2, -0.15) is 5.10 Å². The first-order valence-corrected chi connectivity index (χ1v) is 5.57. The average Bonchev–Trinajstić information content (AvgIpc) is 2.75. The second kappa shape index (κ2) is 6.29. The van der Waals surface area contributed by atoms with Gasteiger partial charge in [0.05, 0.1) is 30.4 Å². The number of alkyl halides is 2. The fourth-order valence-electron chi connectivity index (χ4n) is 1.19. The van der Waals surface area contributed by atoms with Crippen LogP contribution in [0.15, 0.2) is 12.4 Å². The monoisotopic (exact) mass is 296 g/mol. The van der Waals surface area contributed by atoms with Gasteiger partial charge < -0.3 is 11.1 Å². The van der Waals surface area contributed by atoms with Gasteiger partial charge in [0.1, 0.15) is 0 Å². The fraction of sp³-hybridized carbons (Fsp3) is 0.636. The predicted octanol–water partition coefficient (Wildman–Crippen LogP) is 1.38. The number of hydrogen-bond acceptors (Lipinski definition) is 3. The SMILES string of the molecule is CC(C)(C)n1cc(C(=O)NCC(F)(F)CN)cn1.Cl. The molecule has 0 spiro atoms. The van der Waals surface area contributed by atoms with Gasteiger partial charge >= 0.3 is 0 Å². The fourth-order valence-corrected chi connectivity index (χ4v) is 1.19. The minimum absolute atomic E-state index is 0. The third-order valence-corrected chi connectivity index (χ3v) is 2.34. The maximum Gasteiger partial charge on any atom is 0.277 e. The number of aromatic nitrogens is 2. The molecule has 0 bridgehead atoms. The van der Waals surface area contributed by atoms with Crippen molar-refractivity contribution in [2.75, 3.05) is 13.1 Å². The van der Waals surface area contributed by atoms with E-state index in [1.807, 2.05) is 20.8 Å². The van der Waals surface area contributed by atoms with Crippen molar-refractivity contribution >= 4 is 18.3 Å². The van der Waals surface area contributed by atoms with Crippen LogP contribution in [-0.2, 0) is 5.54 Å². The molecule has 0 unspecified atom stereocenters. The Morgan fingerprint density at radius 1 is 1.47 bits per heavy atom. The standard InChI is InChI=1S/C11H18F2N4O.ClH/c1-10(2,3)17-5-8(4-16-17)9(18)15-7-11(12,13)6-14;/h4-5H,6-7,14H2,1-3H3,(H,15,18);1H. The van der Waals surface area contributed by atoms with Crippen LogP contribution in [-0.4, -0.2) is 34.7 Å². The summed E-state index contributed by atoms with van der Waals surface area (Å²) in [7, 11) is 0. The van der Waals surface area contributed by atoms with Gasteiger partial charge in [0.15, 0.2) is 0 Å². The van der Waals surface area contributed by atoms with Crippen LogP contribution in [0.3, 0.4) is 0 Å². The van der Waals surface area contributed by atoms with Crippen LogP contribution >= 0.6 is 12.4 Å². The molecule has 19 heavy (non-hydrogen) atoms. The first-order chi connectivity index (χ1) is 8.15. The molecule has 1 heterocycles. The van der Waals surface area contributed by atoms with Gasteiger partial charge in [-0.15, -0.1) is 12.4 Å². The molecule has 3 N–H and O–H groups in total. The van der Waals surface area contributed by atoms with E-state index < -0.39 is 24.9 Å². The smallest absolute Gasteiger partial charge is 0.277 e. The van der Waals surface area contributed by atoms with Crippen LogP contribution in [0.1, 0.15) is 31.1 Å². The second-order valence-electron chi connectivity index (χ2n) is 5.09. The van der Waals surface area contributed by atoms with Crippen molar-refractivity contribution in [3.8, 4) is 0 Å². The van der Waals surface area contributed by atoms with Gasteiger partial charge in [0.2, 0.25) is 0 Å². The normalized spacial score (nSPS) is 11.9. The Bertz CT molecular complexity index is 429. The molecule has 0 aliphatic carbocycles. The van der Waals surface area contributed by atoms with E-state index >= 15 is 0 Å². The van der Waals surface area contributed by atoms with Crippen LogP contribution < -0.4 is 11.1 Å². The Morgan fingerprint density at radius 3 is 2.47 bits per heavy atom. The number of nitrogens with two attached hydrogens (primary N) is 1. The van der Waals surface area contributed by atoms with Crippen molar-refractivity contribution < 1.29 is 13.6 Å². The van der Waals surface area contributed by atoms with Crippen molar-refractivity contribution in [1.29, 1.82) is 0 Å². The van der Waals surface area contributed by atoms with Gasteiger partial charge in [-0.05, 0) is 20.8 Å². The van der Waals surface area contributed by atoms with Crippen molar-refractivity contribution in [3.63, 3.8) is 0 Å². The molecular formula is C11H19ClF2N4O.